The number of nitrogens with one attached hydrogen (secondary N) is 1. The van der Waals surface area contributed by atoms with Gasteiger partial charge < -0.3 is 19.7 Å². The Morgan fingerprint density at radius 2 is 2.47 bits per heavy atom. The zero-order chi connectivity index (χ0) is 11.3. The van der Waals surface area contributed by atoms with Crippen molar-refractivity contribution in [3.8, 4) is 0 Å². The maximum atomic E-state index is 10.9. The molecule has 1 atom stereocenters. The van der Waals surface area contributed by atoms with Crippen molar-refractivity contribution < 1.29 is 14.6 Å². The molecule has 0 aliphatic heterocycles. The van der Waals surface area contributed by atoms with Gasteiger partial charge in [-0.25, -0.2) is 0 Å². The van der Waals surface area contributed by atoms with Crippen LogP contribution < -0.4 is 4.90 Å². The highest BCUT2D eigenvalue weighted by Crippen LogP contribution is 2.09. The van der Waals surface area contributed by atoms with Gasteiger partial charge >= 0.3 is 5.97 Å². The molecule has 5 heteroatoms. The van der Waals surface area contributed by atoms with E-state index in [1.807, 2.05) is 24.1 Å². The van der Waals surface area contributed by atoms with E-state index in [2.05, 4.69) is 9.72 Å². The van der Waals surface area contributed by atoms with Crippen molar-refractivity contribution in [2.75, 3.05) is 25.6 Å². The molecular weight excluding hydrogens is 196 g/mol. The number of likely N-dealkylation sites (N-methyl/N-ethyl adjacent to an activating group) is 1. The molecule has 1 heterocycles. The average Bonchev–Trinajstić information content (AvgIpc) is 2.70. The van der Waals surface area contributed by atoms with Crippen LogP contribution in [-0.4, -0.2) is 42.9 Å². The van der Waals surface area contributed by atoms with E-state index in [1.165, 1.54) is 7.11 Å². The van der Waals surface area contributed by atoms with E-state index in [0.29, 0.717) is 6.54 Å². The molecule has 0 radical (unpaired) electrons. The summed E-state index contributed by atoms with van der Waals surface area (Å²) in [6.07, 6.45) is 1.10. The van der Waals surface area contributed by atoms with E-state index in [-0.39, 0.29) is 6.42 Å². The van der Waals surface area contributed by atoms with Gasteiger partial charge in [-0.1, -0.05) is 0 Å². The summed E-state index contributed by atoms with van der Waals surface area (Å²) in [5.74, 6) is 0.501. The van der Waals surface area contributed by atoms with Crippen LogP contribution in [0, 0.1) is 0 Å². The van der Waals surface area contributed by atoms with Gasteiger partial charge in [0.05, 0.1) is 19.6 Å². The predicted octanol–water partition coefficient (Wildman–Crippen LogP) is 0.375. The van der Waals surface area contributed by atoms with Crippen LogP contribution >= 0.6 is 0 Å². The van der Waals surface area contributed by atoms with Gasteiger partial charge in [0.25, 0.3) is 0 Å². The molecule has 0 amide bonds. The maximum absolute atomic E-state index is 10.9. The Hall–Kier alpha value is -1.49. The lowest BCUT2D eigenvalue weighted by molar-refractivity contribution is -0.142. The molecular formula is C10H16N2O3. The van der Waals surface area contributed by atoms with Crippen molar-refractivity contribution in [1.82, 2.24) is 4.98 Å². The largest absolute Gasteiger partial charge is 0.469 e. The Morgan fingerprint density at radius 1 is 1.73 bits per heavy atom. The van der Waals surface area contributed by atoms with Crippen LogP contribution in [0.1, 0.15) is 6.42 Å². The SMILES string of the molecule is COC(=O)CC(O)CN(C)c1ccc[nH]1. The molecule has 1 rings (SSSR count). The van der Waals surface area contributed by atoms with Crippen LogP contribution in [0.3, 0.4) is 0 Å². The number of aliphatic hydroxyl groups excluding tert-OH is 1. The number of aromatic amines is 1. The number of esters is 1. The highest BCUT2D eigenvalue weighted by molar-refractivity contribution is 5.69. The van der Waals surface area contributed by atoms with Crippen molar-refractivity contribution in [1.29, 1.82) is 0 Å². The molecule has 0 saturated carbocycles. The number of ether oxygens (including phenoxy) is 1. The topological polar surface area (TPSA) is 65.6 Å². The van der Waals surface area contributed by atoms with Gasteiger partial charge in [0.1, 0.15) is 5.82 Å². The molecule has 0 spiro atoms. The lowest BCUT2D eigenvalue weighted by atomic mass is 10.2. The lowest BCUT2D eigenvalue weighted by Gasteiger charge is -2.20. The first-order valence-electron chi connectivity index (χ1n) is 4.73. The molecule has 1 aromatic rings. The minimum Gasteiger partial charge on any atom is -0.469 e. The second-order valence-electron chi connectivity index (χ2n) is 3.37. The van der Waals surface area contributed by atoms with E-state index in [0.717, 1.165) is 5.82 Å². The number of hydrogen-bond donors (Lipinski definition) is 2. The van der Waals surface area contributed by atoms with Gasteiger partial charge in [-0.2, -0.15) is 0 Å². The smallest absolute Gasteiger partial charge is 0.308 e. The molecule has 0 bridgehead atoms. The normalized spacial score (nSPS) is 12.2. The van der Waals surface area contributed by atoms with Crippen LogP contribution in [-0.2, 0) is 9.53 Å². The van der Waals surface area contributed by atoms with E-state index in [9.17, 15) is 9.90 Å². The number of rotatable bonds is 5. The van der Waals surface area contributed by atoms with Crippen molar-refractivity contribution in [3.05, 3.63) is 18.3 Å². The zero-order valence-corrected chi connectivity index (χ0v) is 8.93. The summed E-state index contributed by atoms with van der Waals surface area (Å²) in [5, 5.41) is 9.56. The quantitative estimate of drug-likeness (QED) is 0.692. The summed E-state index contributed by atoms with van der Waals surface area (Å²) in [4.78, 5) is 15.7. The van der Waals surface area contributed by atoms with E-state index < -0.39 is 12.1 Å². The summed E-state index contributed by atoms with van der Waals surface area (Å²) < 4.78 is 4.47. The summed E-state index contributed by atoms with van der Waals surface area (Å²) in [6.45, 7) is 0.385. The molecule has 0 saturated heterocycles. The van der Waals surface area contributed by atoms with Crippen molar-refractivity contribution >= 4 is 11.8 Å². The number of hydrogen-bond acceptors (Lipinski definition) is 4. The standard InChI is InChI=1S/C10H16N2O3/c1-12(9-4-3-5-11-9)7-8(13)6-10(14)15-2/h3-5,8,11,13H,6-7H2,1-2H3. The Balaban J connectivity index is 2.38. The minimum atomic E-state index is -0.717. The van der Waals surface area contributed by atoms with Gasteiger partial charge in [0.15, 0.2) is 0 Å². The number of methoxy groups -OCH3 is 1. The van der Waals surface area contributed by atoms with Crippen LogP contribution in [0.4, 0.5) is 5.82 Å². The first-order valence-corrected chi connectivity index (χ1v) is 4.73. The van der Waals surface area contributed by atoms with Crippen molar-refractivity contribution in [2.45, 2.75) is 12.5 Å². The Bertz CT molecular complexity index is 298. The third-order valence-corrected chi connectivity index (χ3v) is 2.11. The number of nitrogens with zero attached hydrogens (tertiary/aromatic N) is 1. The average molecular weight is 212 g/mol. The highest BCUT2D eigenvalue weighted by atomic mass is 16.5. The molecule has 0 aromatic carbocycles. The molecule has 0 aliphatic rings. The van der Waals surface area contributed by atoms with Crippen molar-refractivity contribution in [3.63, 3.8) is 0 Å². The number of anilines is 1. The molecule has 15 heavy (non-hydrogen) atoms. The summed E-state index contributed by atoms with van der Waals surface area (Å²) in [5.41, 5.74) is 0. The van der Waals surface area contributed by atoms with Gasteiger partial charge in [0, 0.05) is 19.8 Å². The highest BCUT2D eigenvalue weighted by Gasteiger charge is 2.13. The monoisotopic (exact) mass is 212 g/mol. The molecule has 5 nitrogen and oxygen atoms in total. The summed E-state index contributed by atoms with van der Waals surface area (Å²) in [6, 6.07) is 3.77. The fourth-order valence-corrected chi connectivity index (χ4v) is 1.31. The predicted molar refractivity (Wildman–Crippen MR) is 56.7 cm³/mol. The molecule has 1 unspecified atom stereocenters. The molecule has 1 aromatic heterocycles. The second-order valence-corrected chi connectivity index (χ2v) is 3.37. The van der Waals surface area contributed by atoms with Gasteiger partial charge in [-0.3, -0.25) is 4.79 Å². The molecule has 84 valence electrons. The van der Waals surface area contributed by atoms with Crippen molar-refractivity contribution in [2.24, 2.45) is 0 Å². The molecule has 0 fully saturated rings. The van der Waals surface area contributed by atoms with Crippen LogP contribution in [0.15, 0.2) is 18.3 Å². The van der Waals surface area contributed by atoms with Gasteiger partial charge in [-0.05, 0) is 12.1 Å². The first kappa shape index (κ1) is 11.6. The Labute approximate surface area is 88.7 Å². The fraction of sp³-hybridized carbons (Fsp3) is 0.500. The number of carbonyl (C=O) groups excluding carboxylic acids is 1. The summed E-state index contributed by atoms with van der Waals surface area (Å²) in [7, 11) is 3.15. The summed E-state index contributed by atoms with van der Waals surface area (Å²) >= 11 is 0. The first-order chi connectivity index (χ1) is 7.13. The van der Waals surface area contributed by atoms with Crippen LogP contribution in [0.5, 0.6) is 0 Å². The lowest BCUT2D eigenvalue weighted by Crippen LogP contribution is -2.31. The van der Waals surface area contributed by atoms with E-state index >= 15 is 0 Å². The van der Waals surface area contributed by atoms with Crippen LogP contribution in [0.25, 0.3) is 0 Å². The number of H-pyrrole nitrogens is 1. The van der Waals surface area contributed by atoms with E-state index in [1.54, 1.807) is 6.20 Å². The molecule has 0 aliphatic carbocycles. The second kappa shape index (κ2) is 5.41. The minimum absolute atomic E-state index is 0.0154. The van der Waals surface area contributed by atoms with E-state index in [4.69, 9.17) is 0 Å². The van der Waals surface area contributed by atoms with Gasteiger partial charge in [-0.15, -0.1) is 0 Å². The third kappa shape index (κ3) is 3.63. The Morgan fingerprint density at radius 3 is 3.00 bits per heavy atom. The zero-order valence-electron chi connectivity index (χ0n) is 8.93. The Kier molecular flexibility index (Phi) is 4.17. The van der Waals surface area contributed by atoms with Gasteiger partial charge in [0.2, 0.25) is 0 Å². The number of aliphatic hydroxyl groups is 1. The maximum Gasteiger partial charge on any atom is 0.308 e. The van der Waals surface area contributed by atoms with Crippen LogP contribution in [0.2, 0.25) is 0 Å². The molecule has 2 N–H and O–H groups in total. The number of aromatic nitrogens is 1. The number of carbonyl (C=O) groups is 1. The fourth-order valence-electron chi connectivity index (χ4n) is 1.31. The third-order valence-electron chi connectivity index (χ3n) is 2.11.